The Kier molecular flexibility index (Phi) is 9.15. The fourth-order valence-electron chi connectivity index (χ4n) is 4.56. The molecule has 0 spiro atoms. The molecule has 0 saturated carbocycles. The lowest BCUT2D eigenvalue weighted by molar-refractivity contribution is -0.232. The molecule has 0 unspecified atom stereocenters. The van der Waals surface area contributed by atoms with Crippen LogP contribution in [0.15, 0.2) is 0 Å². The normalized spacial score (nSPS) is 37.6. The Morgan fingerprint density at radius 2 is 1.79 bits per heavy atom. The number of carbonyl (C=O) groups is 1. The Bertz CT molecular complexity index is 487. The molecule has 0 radical (unpaired) electrons. The molecular weight excluding hydrogens is 360 g/mol. The van der Waals surface area contributed by atoms with Crippen molar-refractivity contribution in [2.75, 3.05) is 6.54 Å². The molecule has 7 nitrogen and oxygen atoms in total. The first-order chi connectivity index (χ1) is 13.3. The molecular formula is C21H40N2O5. The van der Waals surface area contributed by atoms with Crippen molar-refractivity contribution in [3.63, 3.8) is 0 Å². The summed E-state index contributed by atoms with van der Waals surface area (Å²) in [7, 11) is 0. The summed E-state index contributed by atoms with van der Waals surface area (Å²) < 4.78 is 6.00. The lowest BCUT2D eigenvalue weighted by atomic mass is 9.85. The zero-order chi connectivity index (χ0) is 20.8. The van der Waals surface area contributed by atoms with E-state index >= 15 is 0 Å². The van der Waals surface area contributed by atoms with Crippen LogP contribution in [0.1, 0.15) is 66.2 Å². The van der Waals surface area contributed by atoms with Crippen molar-refractivity contribution in [3.8, 4) is 0 Å². The van der Waals surface area contributed by atoms with Crippen LogP contribution >= 0.6 is 0 Å². The van der Waals surface area contributed by atoms with Crippen molar-refractivity contribution >= 4 is 5.91 Å². The van der Waals surface area contributed by atoms with Gasteiger partial charge in [-0.1, -0.05) is 47.0 Å². The zero-order valence-corrected chi connectivity index (χ0v) is 17.8. The number of aliphatic hydroxyl groups is 3. The number of hydrogen-bond donors (Lipinski definition) is 5. The summed E-state index contributed by atoms with van der Waals surface area (Å²) in [6, 6.07) is -0.688. The minimum atomic E-state index is -1.28. The van der Waals surface area contributed by atoms with Crippen LogP contribution in [0.2, 0.25) is 0 Å². The highest BCUT2D eigenvalue weighted by molar-refractivity contribution is 5.82. The molecule has 7 heteroatoms. The second kappa shape index (κ2) is 10.9. The summed E-state index contributed by atoms with van der Waals surface area (Å²) in [5, 5.41) is 37.4. The van der Waals surface area contributed by atoms with E-state index in [1.165, 1.54) is 0 Å². The van der Waals surface area contributed by atoms with Gasteiger partial charge in [-0.15, -0.1) is 0 Å². The van der Waals surface area contributed by atoms with Gasteiger partial charge in [0.25, 0.3) is 0 Å². The molecule has 2 aliphatic rings. The lowest BCUT2D eigenvalue weighted by Gasteiger charge is -2.45. The van der Waals surface area contributed by atoms with Crippen molar-refractivity contribution < 1.29 is 24.9 Å². The maximum atomic E-state index is 12.9. The van der Waals surface area contributed by atoms with E-state index in [0.29, 0.717) is 12.3 Å². The summed E-state index contributed by atoms with van der Waals surface area (Å²) >= 11 is 0. The van der Waals surface area contributed by atoms with Gasteiger partial charge in [-0.05, 0) is 37.6 Å². The molecule has 0 aromatic rings. The fourth-order valence-corrected chi connectivity index (χ4v) is 4.56. The number of nitrogens with one attached hydrogen (secondary N) is 2. The minimum Gasteiger partial charge on any atom is -0.388 e. The van der Waals surface area contributed by atoms with Gasteiger partial charge in [0.2, 0.25) is 5.91 Å². The smallest absolute Gasteiger partial charge is 0.237 e. The molecule has 2 saturated heterocycles. The Hall–Kier alpha value is -0.730. The summed E-state index contributed by atoms with van der Waals surface area (Å²) in [6.07, 6.45) is 0.590. The maximum Gasteiger partial charge on any atom is 0.237 e. The van der Waals surface area contributed by atoms with Crippen molar-refractivity contribution in [2.45, 2.75) is 109 Å². The molecule has 1 amide bonds. The molecule has 0 aromatic heterocycles. The molecule has 8 atom stereocenters. The molecule has 2 rings (SSSR count). The second-order valence-electron chi connectivity index (χ2n) is 8.86. The minimum absolute atomic E-state index is 0.00310. The first-order valence-electron chi connectivity index (χ1n) is 11.0. The predicted molar refractivity (Wildman–Crippen MR) is 108 cm³/mol. The van der Waals surface area contributed by atoms with E-state index in [0.717, 1.165) is 38.6 Å². The number of aliphatic hydroxyl groups excluding tert-OH is 3. The number of amides is 1. The molecule has 2 fully saturated rings. The lowest BCUT2D eigenvalue weighted by Crippen LogP contribution is -2.65. The maximum absolute atomic E-state index is 12.9. The second-order valence-corrected chi connectivity index (χ2v) is 8.86. The standard InChI is InChI=1S/C21H40N2O5/c1-5-7-13-9-10-22-14(11-13)21(27)23-16(12(3)4)20-19(26)18(25)17(24)15(28-20)8-6-2/h12-20,22,24-26H,5-11H2,1-4H3,(H,23,27)/t13-,14+,15-,16-,17+,18-,19-,20-/m1/s1. The highest BCUT2D eigenvalue weighted by Gasteiger charge is 2.47. The third-order valence-corrected chi connectivity index (χ3v) is 6.23. The van der Waals surface area contributed by atoms with Crippen molar-refractivity contribution in [1.82, 2.24) is 10.6 Å². The van der Waals surface area contributed by atoms with Crippen LogP contribution in [0.4, 0.5) is 0 Å². The SMILES string of the molecule is CCC[C@@H]1CCN[C@H](C(=O)N[C@H](C(C)C)[C@H]2O[C@H](CCC)[C@H](O)[C@@H](O)[C@H]2O)C1. The van der Waals surface area contributed by atoms with Crippen LogP contribution in [0, 0.1) is 11.8 Å². The van der Waals surface area contributed by atoms with E-state index in [2.05, 4.69) is 17.6 Å². The van der Waals surface area contributed by atoms with Gasteiger partial charge in [-0.3, -0.25) is 4.79 Å². The summed E-state index contributed by atoms with van der Waals surface area (Å²) in [4.78, 5) is 12.9. The third kappa shape index (κ3) is 5.66. The summed E-state index contributed by atoms with van der Waals surface area (Å²) in [5.74, 6) is 0.480. The first-order valence-corrected chi connectivity index (χ1v) is 11.0. The van der Waals surface area contributed by atoms with Gasteiger partial charge in [-0.25, -0.2) is 0 Å². The highest BCUT2D eigenvalue weighted by atomic mass is 16.5. The number of ether oxygens (including phenoxy) is 1. The van der Waals surface area contributed by atoms with E-state index in [9.17, 15) is 20.1 Å². The average Bonchev–Trinajstić information content (AvgIpc) is 2.67. The number of piperidine rings is 1. The number of rotatable bonds is 8. The fraction of sp³-hybridized carbons (Fsp3) is 0.952. The molecule has 0 aliphatic carbocycles. The van der Waals surface area contributed by atoms with Gasteiger partial charge in [0.05, 0.1) is 18.2 Å². The van der Waals surface area contributed by atoms with Gasteiger partial charge >= 0.3 is 0 Å². The Morgan fingerprint density at radius 3 is 2.39 bits per heavy atom. The molecule has 164 valence electrons. The van der Waals surface area contributed by atoms with Gasteiger partial charge in [0.15, 0.2) is 0 Å². The number of hydrogen-bond acceptors (Lipinski definition) is 6. The van der Waals surface area contributed by atoms with Crippen molar-refractivity contribution in [3.05, 3.63) is 0 Å². The molecule has 2 aliphatic heterocycles. The summed E-state index contributed by atoms with van der Waals surface area (Å²) in [5.41, 5.74) is 0. The van der Waals surface area contributed by atoms with Crippen LogP contribution in [0.3, 0.4) is 0 Å². The van der Waals surface area contributed by atoms with Crippen LogP contribution in [0.5, 0.6) is 0 Å². The van der Waals surface area contributed by atoms with Gasteiger partial charge in [-0.2, -0.15) is 0 Å². The molecule has 0 bridgehead atoms. The van der Waals surface area contributed by atoms with Gasteiger partial charge < -0.3 is 30.7 Å². The van der Waals surface area contributed by atoms with E-state index in [1.807, 2.05) is 20.8 Å². The topological polar surface area (TPSA) is 111 Å². The average molecular weight is 401 g/mol. The van der Waals surface area contributed by atoms with Gasteiger partial charge in [0.1, 0.15) is 24.4 Å². The Labute approximate surface area is 169 Å². The van der Waals surface area contributed by atoms with Crippen LogP contribution in [-0.4, -0.2) is 70.4 Å². The molecule has 28 heavy (non-hydrogen) atoms. The summed E-state index contributed by atoms with van der Waals surface area (Å²) in [6.45, 7) is 8.90. The highest BCUT2D eigenvalue weighted by Crippen LogP contribution is 2.28. The van der Waals surface area contributed by atoms with Crippen molar-refractivity contribution in [1.29, 1.82) is 0 Å². The van der Waals surface area contributed by atoms with Crippen LogP contribution < -0.4 is 10.6 Å². The Morgan fingerprint density at radius 1 is 1.11 bits per heavy atom. The molecule has 2 heterocycles. The molecule has 5 N–H and O–H groups in total. The number of carbonyl (C=O) groups excluding carboxylic acids is 1. The van der Waals surface area contributed by atoms with Crippen LogP contribution in [-0.2, 0) is 9.53 Å². The van der Waals surface area contributed by atoms with E-state index in [1.54, 1.807) is 0 Å². The quantitative estimate of drug-likeness (QED) is 0.415. The largest absolute Gasteiger partial charge is 0.388 e. The Balaban J connectivity index is 2.08. The zero-order valence-electron chi connectivity index (χ0n) is 17.8. The first kappa shape index (κ1) is 23.5. The third-order valence-electron chi connectivity index (χ3n) is 6.23. The monoisotopic (exact) mass is 400 g/mol. The van der Waals surface area contributed by atoms with Crippen LogP contribution in [0.25, 0.3) is 0 Å². The van der Waals surface area contributed by atoms with Gasteiger partial charge in [0, 0.05) is 0 Å². The molecule has 0 aromatic carbocycles. The predicted octanol–water partition coefficient (Wildman–Crippen LogP) is 0.946. The van der Waals surface area contributed by atoms with E-state index in [-0.39, 0.29) is 17.9 Å². The van der Waals surface area contributed by atoms with E-state index in [4.69, 9.17) is 4.74 Å². The van der Waals surface area contributed by atoms with E-state index < -0.39 is 36.6 Å². The van der Waals surface area contributed by atoms with Crippen molar-refractivity contribution in [2.24, 2.45) is 11.8 Å².